The van der Waals surface area contributed by atoms with Gasteiger partial charge in [0.1, 0.15) is 18.4 Å². The molecule has 1 N–H and O–H groups in total. The summed E-state index contributed by atoms with van der Waals surface area (Å²) < 4.78 is 6.47. The van der Waals surface area contributed by atoms with Crippen LogP contribution in [0.25, 0.3) is 0 Å². The number of hydrogen-bond acceptors (Lipinski definition) is 5. The lowest BCUT2D eigenvalue weighted by atomic mass is 10.2. The van der Waals surface area contributed by atoms with Gasteiger partial charge in [-0.2, -0.15) is 5.10 Å². The highest BCUT2D eigenvalue weighted by Gasteiger charge is 1.98. The number of benzene rings is 1. The minimum absolute atomic E-state index is 0.353. The highest BCUT2D eigenvalue weighted by Crippen LogP contribution is 2.10. The fourth-order valence-electron chi connectivity index (χ4n) is 1.18. The topological polar surface area (TPSA) is 89.6 Å². The number of rotatable bonds is 5. The third-order valence-corrected chi connectivity index (χ3v) is 1.99. The van der Waals surface area contributed by atoms with E-state index in [1.165, 1.54) is 17.3 Å². The fourth-order valence-corrected chi connectivity index (χ4v) is 1.18. The van der Waals surface area contributed by atoms with E-state index < -0.39 is 5.97 Å². The van der Waals surface area contributed by atoms with E-state index in [9.17, 15) is 4.79 Å². The van der Waals surface area contributed by atoms with Gasteiger partial charge in [-0.25, -0.2) is 9.47 Å². The van der Waals surface area contributed by atoms with Gasteiger partial charge in [0.05, 0.1) is 6.21 Å². The smallest absolute Gasteiger partial charge is 0.341 e. The van der Waals surface area contributed by atoms with Gasteiger partial charge >= 0.3 is 5.97 Å². The third kappa shape index (κ3) is 3.41. The molecule has 92 valence electrons. The van der Waals surface area contributed by atoms with Crippen molar-refractivity contribution in [1.29, 1.82) is 0 Å². The summed E-state index contributed by atoms with van der Waals surface area (Å²) in [5, 5.41) is 19.8. The van der Waals surface area contributed by atoms with Gasteiger partial charge in [0.15, 0.2) is 6.61 Å². The molecule has 0 radical (unpaired) electrons. The van der Waals surface area contributed by atoms with Crippen LogP contribution in [0, 0.1) is 0 Å². The van der Waals surface area contributed by atoms with Crippen molar-refractivity contribution in [2.75, 3.05) is 6.61 Å². The molecule has 0 unspecified atom stereocenters. The number of carbonyl (C=O) groups is 1. The summed E-state index contributed by atoms with van der Waals surface area (Å²) in [7, 11) is 0. The number of aliphatic carboxylic acids is 1. The molecule has 1 aromatic heterocycles. The summed E-state index contributed by atoms with van der Waals surface area (Å²) >= 11 is 0. The van der Waals surface area contributed by atoms with Crippen LogP contribution in [0.3, 0.4) is 0 Å². The largest absolute Gasteiger partial charge is 0.482 e. The number of aromatic nitrogens is 3. The van der Waals surface area contributed by atoms with Gasteiger partial charge in [-0.1, -0.05) is 0 Å². The predicted octanol–water partition coefficient (Wildman–Crippen LogP) is 0.624. The first-order valence-corrected chi connectivity index (χ1v) is 5.08. The Morgan fingerprint density at radius 3 is 2.61 bits per heavy atom. The van der Waals surface area contributed by atoms with Crippen LogP contribution in [0.4, 0.5) is 0 Å². The van der Waals surface area contributed by atoms with E-state index in [0.717, 1.165) is 5.56 Å². The second kappa shape index (κ2) is 5.58. The van der Waals surface area contributed by atoms with Gasteiger partial charge < -0.3 is 9.84 Å². The molecule has 0 amide bonds. The van der Waals surface area contributed by atoms with E-state index >= 15 is 0 Å². The van der Waals surface area contributed by atoms with Crippen LogP contribution in [0.15, 0.2) is 42.0 Å². The molecule has 0 aliphatic carbocycles. The summed E-state index contributed by atoms with van der Waals surface area (Å²) in [6.45, 7) is -0.353. The standard InChI is InChI=1S/C11H10N4O3/c16-11(17)6-18-10-3-1-9(2-4-10)5-14-15-7-12-13-8-15/h1-5,7-8H,6H2,(H,16,17). The highest BCUT2D eigenvalue weighted by atomic mass is 16.5. The van der Waals surface area contributed by atoms with Crippen molar-refractivity contribution >= 4 is 12.2 Å². The Balaban J connectivity index is 1.97. The molecule has 0 aliphatic rings. The van der Waals surface area contributed by atoms with Crippen molar-refractivity contribution in [3.05, 3.63) is 42.5 Å². The molecule has 0 atom stereocenters. The van der Waals surface area contributed by atoms with E-state index in [1.54, 1.807) is 30.5 Å². The Hall–Kier alpha value is -2.70. The lowest BCUT2D eigenvalue weighted by Crippen LogP contribution is -2.09. The SMILES string of the molecule is O=C(O)COc1ccc(C=Nn2cnnc2)cc1. The van der Waals surface area contributed by atoms with Crippen molar-refractivity contribution in [1.82, 2.24) is 14.9 Å². The van der Waals surface area contributed by atoms with Crippen LogP contribution in [-0.4, -0.2) is 38.8 Å². The monoisotopic (exact) mass is 246 g/mol. The van der Waals surface area contributed by atoms with Gasteiger partial charge in [-0.15, -0.1) is 10.2 Å². The number of nitrogens with zero attached hydrogens (tertiary/aromatic N) is 4. The average Bonchev–Trinajstić information content (AvgIpc) is 2.88. The lowest BCUT2D eigenvalue weighted by molar-refractivity contribution is -0.139. The predicted molar refractivity (Wildman–Crippen MR) is 62.6 cm³/mol. The minimum atomic E-state index is -1.01. The van der Waals surface area contributed by atoms with Crippen LogP contribution in [0.5, 0.6) is 5.75 Å². The van der Waals surface area contributed by atoms with E-state index in [4.69, 9.17) is 9.84 Å². The molecule has 0 saturated carbocycles. The molecular weight excluding hydrogens is 236 g/mol. The summed E-state index contributed by atoms with van der Waals surface area (Å²) in [4.78, 5) is 10.3. The number of carboxylic acids is 1. The first-order valence-electron chi connectivity index (χ1n) is 5.08. The molecule has 0 spiro atoms. The van der Waals surface area contributed by atoms with Gasteiger partial charge in [0.25, 0.3) is 0 Å². The maximum absolute atomic E-state index is 10.3. The van der Waals surface area contributed by atoms with Crippen LogP contribution in [0.2, 0.25) is 0 Å². The summed E-state index contributed by atoms with van der Waals surface area (Å²) in [6, 6.07) is 6.89. The lowest BCUT2D eigenvalue weighted by Gasteiger charge is -2.02. The van der Waals surface area contributed by atoms with Gasteiger partial charge in [-0.3, -0.25) is 0 Å². The number of hydrogen-bond donors (Lipinski definition) is 1. The van der Waals surface area contributed by atoms with Crippen molar-refractivity contribution in [3.8, 4) is 5.75 Å². The van der Waals surface area contributed by atoms with Gasteiger partial charge in [0.2, 0.25) is 0 Å². The zero-order valence-electron chi connectivity index (χ0n) is 9.30. The molecule has 18 heavy (non-hydrogen) atoms. The van der Waals surface area contributed by atoms with Crippen molar-refractivity contribution in [2.45, 2.75) is 0 Å². The van der Waals surface area contributed by atoms with E-state index in [2.05, 4.69) is 15.3 Å². The highest BCUT2D eigenvalue weighted by molar-refractivity contribution is 5.79. The molecular formula is C11H10N4O3. The Bertz CT molecular complexity index is 534. The van der Waals surface area contributed by atoms with Gasteiger partial charge in [0, 0.05) is 0 Å². The van der Waals surface area contributed by atoms with Crippen LogP contribution >= 0.6 is 0 Å². The Morgan fingerprint density at radius 1 is 1.33 bits per heavy atom. The average molecular weight is 246 g/mol. The van der Waals surface area contributed by atoms with E-state index in [1.807, 2.05) is 0 Å². The quantitative estimate of drug-likeness (QED) is 0.781. The molecule has 7 nitrogen and oxygen atoms in total. The molecule has 2 aromatic rings. The Labute approximate surface area is 102 Å². The fraction of sp³-hybridized carbons (Fsp3) is 0.0909. The van der Waals surface area contributed by atoms with Crippen molar-refractivity contribution in [3.63, 3.8) is 0 Å². The Morgan fingerprint density at radius 2 is 2.00 bits per heavy atom. The summed E-state index contributed by atoms with van der Waals surface area (Å²) in [6.07, 6.45) is 4.58. The van der Waals surface area contributed by atoms with E-state index in [-0.39, 0.29) is 6.61 Å². The van der Waals surface area contributed by atoms with Crippen molar-refractivity contribution in [2.24, 2.45) is 5.10 Å². The summed E-state index contributed by atoms with van der Waals surface area (Å²) in [5.74, 6) is -0.507. The molecule has 0 saturated heterocycles. The molecule has 2 rings (SSSR count). The first kappa shape index (κ1) is 11.8. The molecule has 0 fully saturated rings. The second-order valence-electron chi connectivity index (χ2n) is 3.34. The number of ether oxygens (including phenoxy) is 1. The molecule has 1 heterocycles. The maximum atomic E-state index is 10.3. The first-order chi connectivity index (χ1) is 8.74. The molecule has 1 aromatic carbocycles. The van der Waals surface area contributed by atoms with Crippen molar-refractivity contribution < 1.29 is 14.6 Å². The van der Waals surface area contributed by atoms with E-state index in [0.29, 0.717) is 5.75 Å². The summed E-state index contributed by atoms with van der Waals surface area (Å²) in [5.41, 5.74) is 0.853. The number of carboxylic acid groups (broad SMARTS) is 1. The van der Waals surface area contributed by atoms with Crippen LogP contribution in [-0.2, 0) is 4.79 Å². The van der Waals surface area contributed by atoms with Crippen LogP contribution < -0.4 is 4.74 Å². The van der Waals surface area contributed by atoms with Crippen LogP contribution in [0.1, 0.15) is 5.56 Å². The minimum Gasteiger partial charge on any atom is -0.482 e. The van der Waals surface area contributed by atoms with Gasteiger partial charge in [-0.05, 0) is 29.8 Å². The molecule has 0 aliphatic heterocycles. The third-order valence-electron chi connectivity index (χ3n) is 1.99. The molecule has 7 heteroatoms. The molecule has 0 bridgehead atoms. The Kier molecular flexibility index (Phi) is 3.65. The maximum Gasteiger partial charge on any atom is 0.341 e. The zero-order chi connectivity index (χ0) is 12.8. The second-order valence-corrected chi connectivity index (χ2v) is 3.34. The normalized spacial score (nSPS) is 10.7. The zero-order valence-corrected chi connectivity index (χ0v) is 9.30.